The van der Waals surface area contributed by atoms with E-state index in [1.807, 2.05) is 60.7 Å². The van der Waals surface area contributed by atoms with Crippen LogP contribution in [-0.4, -0.2) is 20.9 Å². The van der Waals surface area contributed by atoms with Crippen molar-refractivity contribution in [2.45, 2.75) is 6.42 Å². The molecule has 0 fully saturated rings. The summed E-state index contributed by atoms with van der Waals surface area (Å²) in [6.07, 6.45) is 0.617. The maximum Gasteiger partial charge on any atom is 0.293 e. The summed E-state index contributed by atoms with van der Waals surface area (Å²) < 4.78 is 1.53. The second kappa shape index (κ2) is 6.24. The predicted molar refractivity (Wildman–Crippen MR) is 82.1 cm³/mol. The highest BCUT2D eigenvalue weighted by Gasteiger charge is 2.16. The van der Waals surface area contributed by atoms with Gasteiger partial charge in [-0.15, -0.1) is 0 Å². The first-order valence-electron chi connectivity index (χ1n) is 6.90. The molecular formula is C17H15N3O2. The van der Waals surface area contributed by atoms with Crippen molar-refractivity contribution in [2.75, 3.05) is 0 Å². The summed E-state index contributed by atoms with van der Waals surface area (Å²) in [5.41, 5.74) is 4.59. The molecule has 22 heavy (non-hydrogen) atoms. The Kier molecular flexibility index (Phi) is 3.98. The van der Waals surface area contributed by atoms with E-state index in [4.69, 9.17) is 5.21 Å². The Labute approximate surface area is 127 Å². The van der Waals surface area contributed by atoms with Gasteiger partial charge in [0.05, 0.1) is 11.4 Å². The van der Waals surface area contributed by atoms with Gasteiger partial charge in [0, 0.05) is 6.42 Å². The first-order chi connectivity index (χ1) is 10.8. The number of rotatable bonds is 4. The van der Waals surface area contributed by atoms with Crippen molar-refractivity contribution in [2.24, 2.45) is 0 Å². The fourth-order valence-electron chi connectivity index (χ4n) is 2.31. The van der Waals surface area contributed by atoms with Crippen LogP contribution in [0.1, 0.15) is 21.7 Å². The van der Waals surface area contributed by atoms with E-state index in [2.05, 4.69) is 5.10 Å². The van der Waals surface area contributed by atoms with Gasteiger partial charge >= 0.3 is 0 Å². The van der Waals surface area contributed by atoms with Crippen LogP contribution in [0.15, 0.2) is 66.7 Å². The van der Waals surface area contributed by atoms with Gasteiger partial charge in [-0.05, 0) is 23.8 Å². The summed E-state index contributed by atoms with van der Waals surface area (Å²) in [7, 11) is 0. The van der Waals surface area contributed by atoms with Gasteiger partial charge in [0.15, 0.2) is 0 Å². The number of carbonyl (C=O) groups is 1. The average molecular weight is 293 g/mol. The highest BCUT2D eigenvalue weighted by atomic mass is 16.5. The zero-order valence-corrected chi connectivity index (χ0v) is 11.8. The lowest BCUT2D eigenvalue weighted by atomic mass is 10.1. The lowest BCUT2D eigenvalue weighted by molar-refractivity contribution is 0.0697. The van der Waals surface area contributed by atoms with E-state index in [9.17, 15) is 4.79 Å². The Balaban J connectivity index is 2.00. The molecule has 0 atom stereocenters. The van der Waals surface area contributed by atoms with Crippen LogP contribution in [-0.2, 0) is 6.42 Å². The van der Waals surface area contributed by atoms with Crippen molar-refractivity contribution in [1.82, 2.24) is 15.3 Å². The number of carbonyl (C=O) groups excluding carboxylic acids is 1. The van der Waals surface area contributed by atoms with Gasteiger partial charge in [-0.25, -0.2) is 10.2 Å². The first kappa shape index (κ1) is 14.0. The van der Waals surface area contributed by atoms with Crippen LogP contribution in [0.3, 0.4) is 0 Å². The van der Waals surface area contributed by atoms with E-state index >= 15 is 0 Å². The monoisotopic (exact) mass is 293 g/mol. The zero-order valence-electron chi connectivity index (χ0n) is 11.8. The van der Waals surface area contributed by atoms with Gasteiger partial charge in [0.25, 0.3) is 5.91 Å². The Hall–Kier alpha value is -2.92. The Morgan fingerprint density at radius 2 is 1.68 bits per heavy atom. The topological polar surface area (TPSA) is 67.2 Å². The second-order valence-corrected chi connectivity index (χ2v) is 4.87. The van der Waals surface area contributed by atoms with Gasteiger partial charge < -0.3 is 0 Å². The molecule has 0 bridgehead atoms. The maximum absolute atomic E-state index is 11.9. The normalized spacial score (nSPS) is 10.4. The van der Waals surface area contributed by atoms with Crippen molar-refractivity contribution >= 4 is 5.91 Å². The van der Waals surface area contributed by atoms with Crippen molar-refractivity contribution < 1.29 is 10.0 Å². The quantitative estimate of drug-likeness (QED) is 0.574. The summed E-state index contributed by atoms with van der Waals surface area (Å²) in [6.45, 7) is 0. The zero-order chi connectivity index (χ0) is 15.4. The van der Waals surface area contributed by atoms with E-state index in [0.29, 0.717) is 12.1 Å². The van der Waals surface area contributed by atoms with Crippen LogP contribution in [0.2, 0.25) is 0 Å². The summed E-state index contributed by atoms with van der Waals surface area (Å²) in [6, 6.07) is 20.9. The van der Waals surface area contributed by atoms with E-state index in [1.54, 1.807) is 11.5 Å². The molecule has 3 rings (SSSR count). The molecule has 0 radical (unpaired) electrons. The first-order valence-corrected chi connectivity index (χ1v) is 6.90. The van der Waals surface area contributed by atoms with Crippen LogP contribution in [0, 0.1) is 0 Å². The van der Waals surface area contributed by atoms with Crippen molar-refractivity contribution in [1.29, 1.82) is 0 Å². The number of para-hydroxylation sites is 1. The number of hydrogen-bond acceptors (Lipinski definition) is 3. The molecule has 0 unspecified atom stereocenters. The minimum absolute atomic E-state index is 0.291. The molecule has 2 aromatic carbocycles. The molecule has 1 aromatic heterocycles. The molecular weight excluding hydrogens is 278 g/mol. The van der Waals surface area contributed by atoms with Crippen LogP contribution in [0.25, 0.3) is 5.69 Å². The number of hydroxylamine groups is 1. The molecule has 0 spiro atoms. The predicted octanol–water partition coefficient (Wildman–Crippen LogP) is 2.58. The number of amides is 1. The lowest BCUT2D eigenvalue weighted by Gasteiger charge is -2.05. The number of nitrogens with one attached hydrogen (secondary N) is 1. The van der Waals surface area contributed by atoms with Crippen molar-refractivity contribution in [3.63, 3.8) is 0 Å². The number of nitrogens with zero attached hydrogens (tertiary/aromatic N) is 2. The summed E-state index contributed by atoms with van der Waals surface area (Å²) in [5.74, 6) is -0.587. The van der Waals surface area contributed by atoms with E-state index in [-0.39, 0.29) is 0 Å². The molecule has 110 valence electrons. The molecule has 0 aliphatic heterocycles. The van der Waals surface area contributed by atoms with Crippen LogP contribution in [0.4, 0.5) is 0 Å². The third-order valence-corrected chi connectivity index (χ3v) is 3.32. The molecule has 0 saturated heterocycles. The summed E-state index contributed by atoms with van der Waals surface area (Å²) in [4.78, 5) is 11.9. The van der Waals surface area contributed by atoms with E-state index < -0.39 is 5.91 Å². The summed E-state index contributed by atoms with van der Waals surface area (Å²) >= 11 is 0. The second-order valence-electron chi connectivity index (χ2n) is 4.87. The Morgan fingerprint density at radius 3 is 2.32 bits per heavy atom. The fraction of sp³-hybridized carbons (Fsp3) is 0.0588. The number of aromatic nitrogens is 2. The maximum atomic E-state index is 11.9. The average Bonchev–Trinajstić information content (AvgIpc) is 3.00. The molecule has 1 heterocycles. The number of benzene rings is 2. The molecule has 3 aromatic rings. The number of hydrogen-bond donors (Lipinski definition) is 2. The largest absolute Gasteiger partial charge is 0.293 e. The van der Waals surface area contributed by atoms with Crippen molar-refractivity contribution in [3.05, 3.63) is 83.7 Å². The molecule has 2 N–H and O–H groups in total. The minimum Gasteiger partial charge on any atom is -0.288 e. The van der Waals surface area contributed by atoms with Crippen molar-refractivity contribution in [3.8, 4) is 5.69 Å². The van der Waals surface area contributed by atoms with Gasteiger partial charge in [-0.2, -0.15) is 5.10 Å². The van der Waals surface area contributed by atoms with Crippen LogP contribution >= 0.6 is 0 Å². The van der Waals surface area contributed by atoms with Crippen LogP contribution < -0.4 is 5.48 Å². The Bertz CT molecular complexity index is 767. The van der Waals surface area contributed by atoms with Gasteiger partial charge in [0.2, 0.25) is 0 Å². The third kappa shape index (κ3) is 2.89. The lowest BCUT2D eigenvalue weighted by Crippen LogP contribution is -2.22. The molecule has 5 heteroatoms. The third-order valence-electron chi connectivity index (χ3n) is 3.32. The minimum atomic E-state index is -0.587. The molecule has 0 aliphatic carbocycles. The molecule has 1 amide bonds. The van der Waals surface area contributed by atoms with Crippen LogP contribution in [0.5, 0.6) is 0 Å². The highest BCUT2D eigenvalue weighted by Crippen LogP contribution is 2.15. The highest BCUT2D eigenvalue weighted by molar-refractivity contribution is 5.92. The molecule has 0 aliphatic rings. The standard InChI is InChI=1S/C17H15N3O2/c21-17(19-22)16-12-14(11-13-7-3-1-4-8-13)18-20(16)15-9-5-2-6-10-15/h1-10,12,22H,11H2,(H,19,21). The van der Waals surface area contributed by atoms with Gasteiger partial charge in [0.1, 0.15) is 5.69 Å². The van der Waals surface area contributed by atoms with Gasteiger partial charge in [-0.3, -0.25) is 10.0 Å². The van der Waals surface area contributed by atoms with Gasteiger partial charge in [-0.1, -0.05) is 48.5 Å². The fourth-order valence-corrected chi connectivity index (χ4v) is 2.31. The van der Waals surface area contributed by atoms with E-state index in [1.165, 1.54) is 4.68 Å². The van der Waals surface area contributed by atoms with E-state index in [0.717, 1.165) is 16.9 Å². The SMILES string of the molecule is O=C(NO)c1cc(Cc2ccccc2)nn1-c1ccccc1. The Morgan fingerprint density at radius 1 is 1.05 bits per heavy atom. The summed E-state index contributed by atoms with van der Waals surface area (Å²) in [5, 5.41) is 13.4. The molecule has 5 nitrogen and oxygen atoms in total. The smallest absolute Gasteiger partial charge is 0.288 e. The molecule has 0 saturated carbocycles.